The Labute approximate surface area is 195 Å². The van der Waals surface area contributed by atoms with Gasteiger partial charge in [0.1, 0.15) is 0 Å². The van der Waals surface area contributed by atoms with Crippen molar-refractivity contribution < 1.29 is 33.7 Å². The van der Waals surface area contributed by atoms with Gasteiger partial charge in [0.15, 0.2) is 0 Å². The van der Waals surface area contributed by atoms with Crippen LogP contribution in [0.15, 0.2) is 60.7 Å². The van der Waals surface area contributed by atoms with Crippen molar-refractivity contribution >= 4 is 15.8 Å². The molecule has 0 spiro atoms. The molecule has 4 rings (SSSR count). The molecule has 2 aliphatic rings. The minimum absolute atomic E-state index is 0.00555. The number of amides is 1. The molecule has 2 aromatic rings. The van der Waals surface area contributed by atoms with Crippen LogP contribution in [-0.4, -0.2) is 40.4 Å². The Hall–Kier alpha value is -1.90. The van der Waals surface area contributed by atoms with Crippen molar-refractivity contribution in [2.75, 3.05) is 19.7 Å². The number of hydrogen-bond acceptors (Lipinski definition) is 3. The van der Waals surface area contributed by atoms with Crippen LogP contribution < -0.4 is 0 Å². The second-order valence-corrected chi connectivity index (χ2v) is 9.86. The predicted molar refractivity (Wildman–Crippen MR) is 117 cm³/mol. The quantitative estimate of drug-likeness (QED) is 0.479. The molecule has 0 bridgehead atoms. The second kappa shape index (κ2) is 10.1. The Kier molecular flexibility index (Phi) is 7.30. The first kappa shape index (κ1) is 22.3. The first-order chi connectivity index (χ1) is 15.1. The molecule has 4 nitrogen and oxygen atoms in total. The zero-order chi connectivity index (χ0) is 21.8. The summed E-state index contributed by atoms with van der Waals surface area (Å²) in [5, 5.41) is 0. The van der Waals surface area contributed by atoms with Crippen LogP contribution in [0.1, 0.15) is 49.1 Å². The molecule has 0 radical (unpaired) electrons. The van der Waals surface area contributed by atoms with Crippen LogP contribution in [0.5, 0.6) is 0 Å². The van der Waals surface area contributed by atoms with Gasteiger partial charge in [-0.15, -0.1) is 0 Å². The molecule has 0 aromatic heterocycles. The van der Waals surface area contributed by atoms with E-state index in [1.54, 1.807) is 0 Å². The molecule has 1 heterocycles. The molecule has 4 atom stereocenters. The summed E-state index contributed by atoms with van der Waals surface area (Å²) in [5.74, 6) is -0.767. The van der Waals surface area contributed by atoms with Crippen molar-refractivity contribution in [3.8, 4) is 0 Å². The van der Waals surface area contributed by atoms with E-state index in [-0.39, 0.29) is 29.4 Å². The number of hydrogen-bond donors (Lipinski definition) is 0. The molecule has 2 aromatic carbocycles. The molecule has 5 heteroatoms. The Morgan fingerprint density at radius 1 is 1.00 bits per heavy atom. The Morgan fingerprint density at radius 3 is 2.16 bits per heavy atom. The van der Waals surface area contributed by atoms with E-state index >= 15 is 0 Å². The standard InChI is InChI=1S/C26H29NO3.W/c1-2-30-18-22-21(19-11-5-3-6-12-19)17-23(28)25(26(29)27-15-9-10-16-27)24(22)20-13-7-4-8-14-20;/h3-8,11-14,21-22,24-25H,2,9-10,15-17H2,1H3;/t21-,22-,24+,25+;/m1./s1. The molecule has 0 N–H and O–H groups in total. The average Bonchev–Trinajstić information content (AvgIpc) is 3.34. The average molecular weight is 587 g/mol. The SMILES string of the molecule is CCO[C](=[W])[C@H]1[C@H](c2ccccc2)[C@@H](C(=O)N2CCCC2)C(=O)C[C@@H]1c1ccccc1. The van der Waals surface area contributed by atoms with E-state index in [9.17, 15) is 9.59 Å². The maximum absolute atomic E-state index is 13.6. The molecular weight excluding hydrogens is 558 g/mol. The summed E-state index contributed by atoms with van der Waals surface area (Å²) >= 11 is 1.27. The summed E-state index contributed by atoms with van der Waals surface area (Å²) in [7, 11) is 0. The van der Waals surface area contributed by atoms with Gasteiger partial charge in [0, 0.05) is 0 Å². The number of ether oxygens (including phenoxy) is 1. The van der Waals surface area contributed by atoms with Crippen LogP contribution >= 0.6 is 0 Å². The fraction of sp³-hybridized carbons (Fsp3) is 0.423. The van der Waals surface area contributed by atoms with E-state index in [1.165, 1.54) is 19.4 Å². The number of likely N-dealkylation sites (tertiary alicyclic amines) is 1. The third-order valence-electron chi connectivity index (χ3n) is 6.60. The van der Waals surface area contributed by atoms with Gasteiger partial charge in [-0.25, -0.2) is 0 Å². The normalized spacial score (nSPS) is 26.1. The summed E-state index contributed by atoms with van der Waals surface area (Å²) in [6.45, 7) is 4.11. The molecule has 1 amide bonds. The van der Waals surface area contributed by atoms with E-state index in [0.717, 1.165) is 41.1 Å². The molecule has 1 aliphatic heterocycles. The first-order valence-electron chi connectivity index (χ1n) is 11.2. The Morgan fingerprint density at radius 2 is 1.58 bits per heavy atom. The van der Waals surface area contributed by atoms with E-state index < -0.39 is 5.92 Å². The summed E-state index contributed by atoms with van der Waals surface area (Å²) in [5.41, 5.74) is 2.20. The van der Waals surface area contributed by atoms with Crippen molar-refractivity contribution in [1.82, 2.24) is 4.90 Å². The number of benzene rings is 2. The number of Topliss-reactive ketones (excluding diaryl/α,β-unsaturated/α-hetero) is 1. The van der Waals surface area contributed by atoms with Crippen LogP contribution in [0.4, 0.5) is 0 Å². The van der Waals surface area contributed by atoms with E-state index in [4.69, 9.17) is 4.74 Å². The van der Waals surface area contributed by atoms with Crippen molar-refractivity contribution in [2.45, 2.75) is 38.0 Å². The second-order valence-electron chi connectivity index (χ2n) is 8.41. The number of rotatable bonds is 6. The van der Waals surface area contributed by atoms with E-state index in [0.29, 0.717) is 13.0 Å². The molecule has 162 valence electrons. The maximum atomic E-state index is 13.6. The van der Waals surface area contributed by atoms with Gasteiger partial charge >= 0.3 is 196 Å². The fourth-order valence-electron chi connectivity index (χ4n) is 5.20. The van der Waals surface area contributed by atoms with Crippen molar-refractivity contribution in [3.05, 3.63) is 71.8 Å². The van der Waals surface area contributed by atoms with Gasteiger partial charge in [-0.2, -0.15) is 0 Å². The van der Waals surface area contributed by atoms with Crippen LogP contribution in [0, 0.1) is 11.8 Å². The van der Waals surface area contributed by atoms with Crippen molar-refractivity contribution in [1.29, 1.82) is 0 Å². The predicted octanol–water partition coefficient (Wildman–Crippen LogP) is 4.09. The topological polar surface area (TPSA) is 46.6 Å². The van der Waals surface area contributed by atoms with Crippen LogP contribution in [0.3, 0.4) is 0 Å². The fourth-order valence-corrected chi connectivity index (χ4v) is 6.74. The third-order valence-corrected chi connectivity index (χ3v) is 8.00. The van der Waals surface area contributed by atoms with Crippen LogP contribution in [0.25, 0.3) is 0 Å². The van der Waals surface area contributed by atoms with Gasteiger partial charge in [-0.1, -0.05) is 0 Å². The van der Waals surface area contributed by atoms with Crippen molar-refractivity contribution in [2.24, 2.45) is 11.8 Å². The van der Waals surface area contributed by atoms with Gasteiger partial charge in [-0.05, 0) is 0 Å². The monoisotopic (exact) mass is 587 g/mol. The summed E-state index contributed by atoms with van der Waals surface area (Å²) < 4.78 is 7.09. The summed E-state index contributed by atoms with van der Waals surface area (Å²) in [6, 6.07) is 20.4. The van der Waals surface area contributed by atoms with E-state index in [2.05, 4.69) is 24.3 Å². The van der Waals surface area contributed by atoms with Gasteiger partial charge in [0.25, 0.3) is 0 Å². The molecular formula is C26H29NO3W. The Balaban J connectivity index is 1.82. The number of carbonyl (C=O) groups excluding carboxylic acids is 2. The number of carbonyl (C=O) groups is 2. The van der Waals surface area contributed by atoms with E-state index in [1.807, 2.05) is 48.2 Å². The zero-order valence-corrected chi connectivity index (χ0v) is 20.8. The van der Waals surface area contributed by atoms with Crippen molar-refractivity contribution in [3.63, 3.8) is 0 Å². The number of ketones is 1. The van der Waals surface area contributed by atoms with Gasteiger partial charge in [-0.3, -0.25) is 0 Å². The zero-order valence-electron chi connectivity index (χ0n) is 17.9. The van der Waals surface area contributed by atoms with Crippen LogP contribution in [0.2, 0.25) is 0 Å². The minimum atomic E-state index is -0.639. The van der Waals surface area contributed by atoms with Gasteiger partial charge < -0.3 is 0 Å². The molecule has 1 saturated heterocycles. The van der Waals surface area contributed by atoms with Gasteiger partial charge in [0.2, 0.25) is 0 Å². The molecule has 31 heavy (non-hydrogen) atoms. The molecule has 1 aliphatic carbocycles. The van der Waals surface area contributed by atoms with Gasteiger partial charge in [0.05, 0.1) is 0 Å². The Bertz CT molecular complexity index is 924. The molecule has 2 fully saturated rings. The summed E-state index contributed by atoms with van der Waals surface area (Å²) in [6.07, 6.45) is 2.42. The first-order valence-corrected chi connectivity index (χ1v) is 12.7. The third kappa shape index (κ3) is 4.66. The summed E-state index contributed by atoms with van der Waals surface area (Å²) in [4.78, 5) is 29.1. The van der Waals surface area contributed by atoms with Crippen LogP contribution in [-0.2, 0) is 33.7 Å². The molecule has 1 saturated carbocycles. The molecule has 0 unspecified atom stereocenters. The number of nitrogens with zero attached hydrogens (tertiary/aromatic N) is 1.